The maximum absolute atomic E-state index is 14.1. The van der Waals surface area contributed by atoms with Crippen molar-refractivity contribution < 1.29 is 28.7 Å². The number of fused-ring (bicyclic) bond motifs is 2. The van der Waals surface area contributed by atoms with Crippen molar-refractivity contribution in [2.24, 2.45) is 9.98 Å². The summed E-state index contributed by atoms with van der Waals surface area (Å²) in [5.74, 6) is -1.72. The summed E-state index contributed by atoms with van der Waals surface area (Å²) in [4.78, 5) is 71.9. The van der Waals surface area contributed by atoms with Crippen molar-refractivity contribution in [2.45, 2.75) is 130 Å². The van der Waals surface area contributed by atoms with Crippen molar-refractivity contribution in [1.29, 1.82) is 0 Å². The summed E-state index contributed by atoms with van der Waals surface area (Å²) in [5, 5.41) is -0.571. The molecule has 6 saturated heterocycles. The van der Waals surface area contributed by atoms with Gasteiger partial charge >= 0.3 is 11.9 Å². The van der Waals surface area contributed by atoms with Crippen LogP contribution in [-0.2, 0) is 28.7 Å². The van der Waals surface area contributed by atoms with Gasteiger partial charge in [-0.05, 0) is 53.4 Å². The van der Waals surface area contributed by atoms with E-state index in [4.69, 9.17) is 9.47 Å². The number of rotatable bonds is 9. The fraction of sp³-hybridized carbons (Fsp3) is 0.676. The Labute approximate surface area is 309 Å². The molecule has 0 aromatic heterocycles. The van der Waals surface area contributed by atoms with E-state index in [2.05, 4.69) is 19.8 Å². The van der Waals surface area contributed by atoms with Crippen LogP contribution in [0.4, 0.5) is 0 Å². The van der Waals surface area contributed by atoms with Gasteiger partial charge < -0.3 is 29.1 Å². The molecule has 6 aliphatic rings. The molecule has 0 N–H and O–H groups in total. The molecular formula is C37H50N6O6S2. The molecule has 0 radical (unpaired) electrons. The third-order valence-electron chi connectivity index (χ3n) is 10.9. The van der Waals surface area contributed by atoms with E-state index in [0.717, 1.165) is 51.9 Å². The molecule has 0 spiro atoms. The molecule has 276 valence electrons. The van der Waals surface area contributed by atoms with Gasteiger partial charge in [0.1, 0.15) is 22.8 Å². The Hall–Kier alpha value is -3.26. The number of esters is 2. The fourth-order valence-electron chi connectivity index (χ4n) is 8.09. The summed E-state index contributed by atoms with van der Waals surface area (Å²) < 4.78 is 10.7. The minimum Gasteiger partial charge on any atom is -0.419 e. The number of carbonyl (C=O) groups excluding carboxylic acids is 4. The number of likely N-dealkylation sites (tertiary alicyclic amines) is 2. The Bertz CT molecular complexity index is 1450. The molecule has 0 saturated carbocycles. The number of aliphatic imine (C=N–C) groups is 2. The Morgan fingerprint density at radius 3 is 1.47 bits per heavy atom. The van der Waals surface area contributed by atoms with Crippen molar-refractivity contribution in [2.75, 3.05) is 26.2 Å². The molecule has 7 rings (SSSR count). The van der Waals surface area contributed by atoms with E-state index in [9.17, 15) is 19.2 Å². The van der Waals surface area contributed by atoms with Crippen LogP contribution in [0.1, 0.15) is 90.9 Å². The molecule has 0 aliphatic carbocycles. The highest BCUT2D eigenvalue weighted by Gasteiger charge is 2.66. The topological polar surface area (TPSA) is 124 Å². The number of hydrogen-bond acceptors (Lipinski definition) is 10. The van der Waals surface area contributed by atoms with E-state index in [-0.39, 0.29) is 22.6 Å². The van der Waals surface area contributed by atoms with Crippen LogP contribution in [0.3, 0.4) is 0 Å². The summed E-state index contributed by atoms with van der Waals surface area (Å²) in [6.07, 6.45) is 11.5. The molecule has 51 heavy (non-hydrogen) atoms. The predicted octanol–water partition coefficient (Wildman–Crippen LogP) is 4.44. The number of carbonyl (C=O) groups is 4. The molecule has 14 heteroatoms. The van der Waals surface area contributed by atoms with Crippen LogP contribution in [0.2, 0.25) is 0 Å². The standard InChI is InChI=1S/C37H50N6O6S2/c1-36(2)27(42-29(44)25(31(42)50-36)38-22-40-18-12-5-6-13-19-40)33(46)48-35(24-16-10-9-11-17-24)49-34(47)28-37(3,4)51-32-26(30(45)43(28)32)39-23-41-20-14-7-8-15-21-41/h9-11,16-17,22-23,25-28,31-32,35H,5-8,12-15,18-21H2,1-4H3/t25?,26?,27-,28-,31+,32+,35?/m0/s1. The highest BCUT2D eigenvalue weighted by Crippen LogP contribution is 2.53. The van der Waals surface area contributed by atoms with Crippen molar-refractivity contribution in [3.63, 3.8) is 0 Å². The van der Waals surface area contributed by atoms with Gasteiger partial charge in [-0.2, -0.15) is 0 Å². The zero-order valence-electron chi connectivity index (χ0n) is 30.0. The highest BCUT2D eigenvalue weighted by atomic mass is 32.2. The quantitative estimate of drug-likeness (QED) is 0.118. The molecule has 1 aromatic carbocycles. The lowest BCUT2D eigenvalue weighted by molar-refractivity contribution is -0.201. The van der Waals surface area contributed by atoms with Gasteiger partial charge in [-0.1, -0.05) is 56.0 Å². The molecule has 1 aromatic rings. The van der Waals surface area contributed by atoms with Crippen molar-refractivity contribution in [1.82, 2.24) is 19.6 Å². The van der Waals surface area contributed by atoms with E-state index in [1.165, 1.54) is 49.2 Å². The number of benzene rings is 1. The molecule has 6 fully saturated rings. The van der Waals surface area contributed by atoms with Crippen LogP contribution < -0.4 is 0 Å². The van der Waals surface area contributed by atoms with Crippen molar-refractivity contribution in [3.8, 4) is 0 Å². The number of thioether (sulfide) groups is 2. The van der Waals surface area contributed by atoms with Gasteiger partial charge in [0.2, 0.25) is 0 Å². The number of nitrogens with zero attached hydrogens (tertiary/aromatic N) is 6. The van der Waals surface area contributed by atoms with Crippen LogP contribution in [0.15, 0.2) is 40.3 Å². The molecule has 6 atom stereocenters. The van der Waals surface area contributed by atoms with Gasteiger partial charge in [-0.3, -0.25) is 19.6 Å². The zero-order chi connectivity index (χ0) is 35.9. The first-order valence-corrected chi connectivity index (χ1v) is 20.2. The molecule has 0 bridgehead atoms. The molecule has 6 heterocycles. The summed E-state index contributed by atoms with van der Waals surface area (Å²) >= 11 is 3.08. The van der Waals surface area contributed by atoms with Crippen LogP contribution in [0.25, 0.3) is 0 Å². The summed E-state index contributed by atoms with van der Waals surface area (Å²) in [6, 6.07) is 5.93. The monoisotopic (exact) mass is 738 g/mol. The lowest BCUT2D eigenvalue weighted by atomic mass is 9.96. The zero-order valence-corrected chi connectivity index (χ0v) is 31.7. The predicted molar refractivity (Wildman–Crippen MR) is 198 cm³/mol. The third kappa shape index (κ3) is 7.11. The number of hydrogen-bond donors (Lipinski definition) is 0. The minimum absolute atomic E-state index is 0.209. The minimum atomic E-state index is -1.37. The van der Waals surface area contributed by atoms with Gasteiger partial charge in [0.25, 0.3) is 18.1 Å². The van der Waals surface area contributed by atoms with E-state index in [1.807, 2.05) is 46.4 Å². The molecule has 2 unspecified atom stereocenters. The second kappa shape index (κ2) is 14.6. The van der Waals surface area contributed by atoms with E-state index < -0.39 is 51.9 Å². The number of amides is 2. The summed E-state index contributed by atoms with van der Waals surface area (Å²) in [7, 11) is 0. The van der Waals surface area contributed by atoms with Gasteiger partial charge in [0.15, 0.2) is 12.1 Å². The van der Waals surface area contributed by atoms with Crippen molar-refractivity contribution in [3.05, 3.63) is 35.9 Å². The molecular weight excluding hydrogens is 689 g/mol. The van der Waals surface area contributed by atoms with Crippen molar-refractivity contribution >= 4 is 60.0 Å². The third-order valence-corrected chi connectivity index (χ3v) is 14.0. The van der Waals surface area contributed by atoms with Gasteiger partial charge in [-0.25, -0.2) is 9.59 Å². The summed E-state index contributed by atoms with van der Waals surface area (Å²) in [6.45, 7) is 11.4. The Kier molecular flexibility index (Phi) is 10.4. The van der Waals surface area contributed by atoms with Crippen LogP contribution in [-0.4, -0.2) is 127 Å². The highest BCUT2D eigenvalue weighted by molar-refractivity contribution is 8.02. The lowest BCUT2D eigenvalue weighted by Crippen LogP contribution is -2.65. The Morgan fingerprint density at radius 1 is 0.686 bits per heavy atom. The molecule has 2 amide bonds. The largest absolute Gasteiger partial charge is 0.419 e. The maximum atomic E-state index is 14.1. The van der Waals surface area contributed by atoms with Gasteiger partial charge in [0.05, 0.1) is 12.7 Å². The van der Waals surface area contributed by atoms with E-state index >= 15 is 0 Å². The average Bonchev–Trinajstić information content (AvgIpc) is 3.30. The lowest BCUT2D eigenvalue weighted by Gasteiger charge is -2.42. The normalized spacial score (nSPS) is 32.2. The first-order valence-electron chi connectivity index (χ1n) is 18.5. The van der Waals surface area contributed by atoms with Gasteiger partial charge in [0, 0.05) is 41.2 Å². The van der Waals surface area contributed by atoms with Crippen LogP contribution in [0, 0.1) is 0 Å². The first-order chi connectivity index (χ1) is 24.5. The first kappa shape index (κ1) is 36.1. The molecule has 12 nitrogen and oxygen atoms in total. The second-order valence-corrected chi connectivity index (χ2v) is 19.0. The van der Waals surface area contributed by atoms with Gasteiger partial charge in [-0.15, -0.1) is 23.5 Å². The number of ether oxygens (including phenoxy) is 2. The van der Waals surface area contributed by atoms with E-state index in [1.54, 1.807) is 34.1 Å². The molecule has 6 aliphatic heterocycles. The Morgan fingerprint density at radius 2 is 1.08 bits per heavy atom. The second-order valence-electron chi connectivity index (χ2n) is 15.5. The van der Waals surface area contributed by atoms with Crippen LogP contribution in [0.5, 0.6) is 0 Å². The number of β-lactam (4-membered cyclic amide) rings is 2. The smallest absolute Gasteiger partial charge is 0.333 e. The Balaban J connectivity index is 1.04. The van der Waals surface area contributed by atoms with Crippen LogP contribution >= 0.6 is 23.5 Å². The SMILES string of the molecule is CC1(C)S[C@@H]2C(N=CN3CCCCCC3)C(=O)N2[C@H]1C(=O)OC(OC(=O)[C@@H]1N2C(=O)C(N=CN3CCCCCC3)[C@H]2SC1(C)C)c1ccccc1. The van der Waals surface area contributed by atoms with E-state index in [0.29, 0.717) is 5.56 Å². The summed E-state index contributed by atoms with van der Waals surface area (Å²) in [5.41, 5.74) is 0.476. The average molecular weight is 739 g/mol. The fourth-order valence-corrected chi connectivity index (χ4v) is 11.3. The maximum Gasteiger partial charge on any atom is 0.333 e.